The Bertz CT molecular complexity index is 651. The summed E-state index contributed by atoms with van der Waals surface area (Å²) in [6.07, 6.45) is 0. The quantitative estimate of drug-likeness (QED) is 0.639. The summed E-state index contributed by atoms with van der Waals surface area (Å²) >= 11 is 2.20. The van der Waals surface area contributed by atoms with Crippen molar-refractivity contribution in [3.05, 3.63) is 62.7 Å². The Morgan fingerprint density at radius 3 is 1.95 bits per heavy atom. The Morgan fingerprint density at radius 2 is 1.45 bits per heavy atom. The van der Waals surface area contributed by atoms with Crippen LogP contribution in [0.3, 0.4) is 0 Å². The number of halogens is 1. The van der Waals surface area contributed by atoms with Crippen LogP contribution in [-0.2, 0) is 0 Å². The fourth-order valence-corrected chi connectivity index (χ4v) is 3.15. The molecule has 0 aromatic heterocycles. The van der Waals surface area contributed by atoms with Gasteiger partial charge in [-0.2, -0.15) is 0 Å². The summed E-state index contributed by atoms with van der Waals surface area (Å²) in [6, 6.07) is 13.9. The van der Waals surface area contributed by atoms with Crippen molar-refractivity contribution in [3.8, 4) is 0 Å². The van der Waals surface area contributed by atoms with Crippen molar-refractivity contribution in [1.82, 2.24) is 0 Å². The standard InChI is InChI=1S/C19H22INO/c1-12(2)14-9-7-10-15(13(3)4)18(14)21-19(22)16-8-5-6-11-17(16)20/h5-13H,1-4H3,(H,21,22). The maximum Gasteiger partial charge on any atom is 0.256 e. The highest BCUT2D eigenvalue weighted by molar-refractivity contribution is 14.1. The smallest absolute Gasteiger partial charge is 0.256 e. The van der Waals surface area contributed by atoms with Gasteiger partial charge in [-0.25, -0.2) is 0 Å². The molecule has 116 valence electrons. The van der Waals surface area contributed by atoms with Gasteiger partial charge >= 0.3 is 0 Å². The molecule has 2 aromatic rings. The molecule has 2 rings (SSSR count). The second kappa shape index (κ2) is 7.27. The number of nitrogens with one attached hydrogen (secondary N) is 1. The third-order valence-electron chi connectivity index (χ3n) is 3.73. The topological polar surface area (TPSA) is 29.1 Å². The van der Waals surface area contributed by atoms with Crippen molar-refractivity contribution >= 4 is 34.2 Å². The molecule has 0 atom stereocenters. The molecule has 2 aromatic carbocycles. The van der Waals surface area contributed by atoms with Crippen LogP contribution in [0.5, 0.6) is 0 Å². The van der Waals surface area contributed by atoms with Gasteiger partial charge in [0.1, 0.15) is 0 Å². The molecule has 0 bridgehead atoms. The third-order valence-corrected chi connectivity index (χ3v) is 4.67. The van der Waals surface area contributed by atoms with Gasteiger partial charge in [-0.15, -0.1) is 0 Å². The molecule has 0 radical (unpaired) electrons. The van der Waals surface area contributed by atoms with E-state index < -0.39 is 0 Å². The lowest BCUT2D eigenvalue weighted by molar-refractivity contribution is 0.102. The fraction of sp³-hybridized carbons (Fsp3) is 0.316. The molecule has 0 aliphatic carbocycles. The van der Waals surface area contributed by atoms with Crippen LogP contribution in [0.2, 0.25) is 0 Å². The van der Waals surface area contributed by atoms with E-state index in [4.69, 9.17) is 0 Å². The molecule has 1 amide bonds. The molecule has 0 aliphatic rings. The van der Waals surface area contributed by atoms with Gasteiger partial charge in [0.05, 0.1) is 5.56 Å². The second-order valence-electron chi connectivity index (χ2n) is 6.05. The van der Waals surface area contributed by atoms with Gasteiger partial charge < -0.3 is 5.32 Å². The van der Waals surface area contributed by atoms with Crippen molar-refractivity contribution in [2.45, 2.75) is 39.5 Å². The zero-order valence-corrected chi connectivity index (χ0v) is 15.6. The number of anilines is 1. The molecule has 3 heteroatoms. The molecule has 0 heterocycles. The largest absolute Gasteiger partial charge is 0.321 e. The Labute approximate surface area is 146 Å². The first-order chi connectivity index (χ1) is 10.4. The summed E-state index contributed by atoms with van der Waals surface area (Å²) in [5.41, 5.74) is 4.06. The average Bonchev–Trinajstić information content (AvgIpc) is 2.47. The maximum absolute atomic E-state index is 12.7. The molecule has 2 nitrogen and oxygen atoms in total. The Hall–Kier alpha value is -1.36. The van der Waals surface area contributed by atoms with Gasteiger partial charge in [0.15, 0.2) is 0 Å². The number of amides is 1. The number of carbonyl (C=O) groups excluding carboxylic acids is 1. The van der Waals surface area contributed by atoms with Gasteiger partial charge in [0.25, 0.3) is 5.91 Å². The van der Waals surface area contributed by atoms with Crippen LogP contribution in [0, 0.1) is 3.57 Å². The van der Waals surface area contributed by atoms with E-state index in [-0.39, 0.29) is 5.91 Å². The number of hydrogen-bond acceptors (Lipinski definition) is 1. The van der Waals surface area contributed by atoms with Crippen LogP contribution < -0.4 is 5.32 Å². The van der Waals surface area contributed by atoms with Crippen LogP contribution in [-0.4, -0.2) is 5.91 Å². The highest BCUT2D eigenvalue weighted by Gasteiger charge is 2.17. The van der Waals surface area contributed by atoms with Crippen LogP contribution in [0.15, 0.2) is 42.5 Å². The van der Waals surface area contributed by atoms with E-state index in [2.05, 4.69) is 73.8 Å². The van der Waals surface area contributed by atoms with Gasteiger partial charge in [-0.3, -0.25) is 4.79 Å². The molecule has 0 fully saturated rings. The molecule has 0 saturated carbocycles. The molecule has 0 unspecified atom stereocenters. The molecule has 0 aliphatic heterocycles. The van der Waals surface area contributed by atoms with Crippen molar-refractivity contribution in [2.24, 2.45) is 0 Å². The van der Waals surface area contributed by atoms with E-state index in [9.17, 15) is 4.79 Å². The van der Waals surface area contributed by atoms with Crippen LogP contribution >= 0.6 is 22.6 Å². The summed E-state index contributed by atoms with van der Waals surface area (Å²) in [5, 5.41) is 3.16. The number of rotatable bonds is 4. The van der Waals surface area contributed by atoms with Crippen molar-refractivity contribution < 1.29 is 4.79 Å². The third kappa shape index (κ3) is 3.69. The molecule has 0 saturated heterocycles. The van der Waals surface area contributed by atoms with Crippen molar-refractivity contribution in [3.63, 3.8) is 0 Å². The van der Waals surface area contributed by atoms with E-state index in [1.54, 1.807) is 0 Å². The van der Waals surface area contributed by atoms with Crippen LogP contribution in [0.25, 0.3) is 0 Å². The van der Waals surface area contributed by atoms with Gasteiger partial charge in [0.2, 0.25) is 0 Å². The predicted octanol–water partition coefficient (Wildman–Crippen LogP) is 5.79. The summed E-state index contributed by atoms with van der Waals surface area (Å²) in [5.74, 6) is 0.688. The van der Waals surface area contributed by atoms with Gasteiger partial charge in [0, 0.05) is 9.26 Å². The molecular formula is C19H22INO. The summed E-state index contributed by atoms with van der Waals surface area (Å²) in [6.45, 7) is 8.62. The van der Waals surface area contributed by atoms with Gasteiger partial charge in [-0.1, -0.05) is 58.0 Å². The maximum atomic E-state index is 12.7. The number of para-hydroxylation sites is 1. The van der Waals surface area contributed by atoms with E-state index in [0.717, 1.165) is 14.8 Å². The predicted molar refractivity (Wildman–Crippen MR) is 102 cm³/mol. The number of hydrogen-bond donors (Lipinski definition) is 1. The highest BCUT2D eigenvalue weighted by atomic mass is 127. The minimum Gasteiger partial charge on any atom is -0.321 e. The molecular weight excluding hydrogens is 385 g/mol. The lowest BCUT2D eigenvalue weighted by Crippen LogP contribution is -2.17. The Kier molecular flexibility index (Phi) is 5.62. The zero-order valence-electron chi connectivity index (χ0n) is 13.5. The highest BCUT2D eigenvalue weighted by Crippen LogP contribution is 2.32. The monoisotopic (exact) mass is 407 g/mol. The second-order valence-corrected chi connectivity index (χ2v) is 7.22. The first kappa shape index (κ1) is 17.0. The number of benzene rings is 2. The Balaban J connectivity index is 2.44. The van der Waals surface area contributed by atoms with E-state index in [0.29, 0.717) is 11.8 Å². The summed E-state index contributed by atoms with van der Waals surface area (Å²) < 4.78 is 0.964. The first-order valence-electron chi connectivity index (χ1n) is 7.60. The lowest BCUT2D eigenvalue weighted by Gasteiger charge is -2.20. The van der Waals surface area contributed by atoms with E-state index in [1.165, 1.54) is 11.1 Å². The lowest BCUT2D eigenvalue weighted by atomic mass is 9.92. The Morgan fingerprint density at radius 1 is 0.909 bits per heavy atom. The summed E-state index contributed by atoms with van der Waals surface area (Å²) in [4.78, 5) is 12.7. The summed E-state index contributed by atoms with van der Waals surface area (Å²) in [7, 11) is 0. The molecule has 1 N–H and O–H groups in total. The van der Waals surface area contributed by atoms with Crippen LogP contribution in [0.4, 0.5) is 5.69 Å². The average molecular weight is 407 g/mol. The normalized spacial score (nSPS) is 11.0. The number of carbonyl (C=O) groups is 1. The SMILES string of the molecule is CC(C)c1cccc(C(C)C)c1NC(=O)c1ccccc1I. The van der Waals surface area contributed by atoms with Gasteiger partial charge in [-0.05, 0) is 57.7 Å². The molecule has 22 heavy (non-hydrogen) atoms. The fourth-order valence-electron chi connectivity index (χ4n) is 2.52. The minimum absolute atomic E-state index is 0.0417. The van der Waals surface area contributed by atoms with Crippen molar-refractivity contribution in [1.29, 1.82) is 0 Å². The van der Waals surface area contributed by atoms with E-state index in [1.807, 2.05) is 24.3 Å². The van der Waals surface area contributed by atoms with Crippen molar-refractivity contribution in [2.75, 3.05) is 5.32 Å². The van der Waals surface area contributed by atoms with E-state index >= 15 is 0 Å². The zero-order chi connectivity index (χ0) is 16.3. The van der Waals surface area contributed by atoms with Crippen LogP contribution in [0.1, 0.15) is 61.0 Å². The minimum atomic E-state index is -0.0417. The first-order valence-corrected chi connectivity index (χ1v) is 8.68. The molecule has 0 spiro atoms.